The number of rotatable bonds is 5. The second-order valence-electron chi connectivity index (χ2n) is 4.61. The number of carbonyl (C=O) groups excluding carboxylic acids is 1. The number of amides is 1. The Morgan fingerprint density at radius 3 is 2.43 bits per heavy atom. The molecule has 2 aromatic rings. The quantitative estimate of drug-likeness (QED) is 0.656. The first kappa shape index (κ1) is 15.3. The lowest BCUT2D eigenvalue weighted by atomic mass is 10.1. The van der Waals surface area contributed by atoms with E-state index in [1.807, 2.05) is 37.3 Å². The molecule has 2 aromatic carbocycles. The zero-order valence-electron chi connectivity index (χ0n) is 11.8. The van der Waals surface area contributed by atoms with Crippen LogP contribution in [0.2, 0.25) is 5.02 Å². The maximum absolute atomic E-state index is 12.0. The number of hydrogen-bond acceptors (Lipinski definition) is 2. The van der Waals surface area contributed by atoms with Crippen LogP contribution >= 0.6 is 11.6 Å². The first-order chi connectivity index (χ1) is 10.2. The van der Waals surface area contributed by atoms with Gasteiger partial charge in [0.2, 0.25) is 0 Å². The monoisotopic (exact) mass is 300 g/mol. The average Bonchev–Trinajstić information content (AvgIpc) is 2.52. The molecule has 0 aromatic heterocycles. The number of nitrogens with one attached hydrogen (secondary N) is 1. The lowest BCUT2D eigenvalue weighted by molar-refractivity contribution is 0.0955. The average molecular weight is 301 g/mol. The molecule has 0 unspecified atom stereocenters. The molecule has 1 amide bonds. The summed E-state index contributed by atoms with van der Waals surface area (Å²) in [6.45, 7) is 2.02. The number of halogens is 1. The summed E-state index contributed by atoms with van der Waals surface area (Å²) in [5.74, 6) is -0.292. The highest BCUT2D eigenvalue weighted by molar-refractivity contribution is 6.33. The van der Waals surface area contributed by atoms with E-state index in [1.54, 1.807) is 24.3 Å². The minimum absolute atomic E-state index is 0.292. The summed E-state index contributed by atoms with van der Waals surface area (Å²) in [7, 11) is 0. The summed E-state index contributed by atoms with van der Waals surface area (Å²) in [5, 5.41) is 4.64. The first-order valence-electron chi connectivity index (χ1n) is 6.85. The molecule has 0 spiro atoms. The summed E-state index contributed by atoms with van der Waals surface area (Å²) >= 11 is 5.99. The predicted octanol–water partition coefficient (Wildman–Crippen LogP) is 4.08. The van der Waals surface area contributed by atoms with Crippen molar-refractivity contribution in [1.82, 2.24) is 5.43 Å². The lowest BCUT2D eigenvalue weighted by Gasteiger charge is -2.06. The summed E-state index contributed by atoms with van der Waals surface area (Å²) in [4.78, 5) is 12.0. The van der Waals surface area contributed by atoms with E-state index in [-0.39, 0.29) is 5.91 Å². The van der Waals surface area contributed by atoms with Crippen molar-refractivity contribution >= 4 is 23.2 Å². The Hall–Kier alpha value is -2.13. The summed E-state index contributed by atoms with van der Waals surface area (Å²) in [6.07, 6.45) is 1.50. The van der Waals surface area contributed by atoms with E-state index in [2.05, 4.69) is 10.5 Å². The third-order valence-corrected chi connectivity index (χ3v) is 3.42. The summed E-state index contributed by atoms with van der Waals surface area (Å²) in [6, 6.07) is 17.0. The van der Waals surface area contributed by atoms with Gasteiger partial charge in [-0.05, 0) is 24.1 Å². The SMILES string of the molecule is CC/C(Cc1ccccc1)=N\NC(=O)c1ccccc1Cl. The minimum atomic E-state index is -0.292. The van der Waals surface area contributed by atoms with Gasteiger partial charge < -0.3 is 0 Å². The van der Waals surface area contributed by atoms with E-state index in [0.29, 0.717) is 10.6 Å². The van der Waals surface area contributed by atoms with E-state index < -0.39 is 0 Å². The van der Waals surface area contributed by atoms with Crippen LogP contribution in [0.4, 0.5) is 0 Å². The van der Waals surface area contributed by atoms with Crippen LogP contribution in [-0.2, 0) is 6.42 Å². The van der Waals surface area contributed by atoms with Gasteiger partial charge in [-0.2, -0.15) is 5.10 Å². The van der Waals surface area contributed by atoms with Crippen LogP contribution in [0.25, 0.3) is 0 Å². The maximum Gasteiger partial charge on any atom is 0.272 e. The molecule has 0 aliphatic heterocycles. The van der Waals surface area contributed by atoms with Crippen molar-refractivity contribution in [1.29, 1.82) is 0 Å². The molecule has 0 radical (unpaired) electrons. The normalized spacial score (nSPS) is 11.2. The van der Waals surface area contributed by atoms with Gasteiger partial charge >= 0.3 is 0 Å². The van der Waals surface area contributed by atoms with Gasteiger partial charge in [-0.3, -0.25) is 4.79 Å². The van der Waals surface area contributed by atoms with Crippen molar-refractivity contribution < 1.29 is 4.79 Å². The van der Waals surface area contributed by atoms with Gasteiger partial charge in [0.15, 0.2) is 0 Å². The third-order valence-electron chi connectivity index (χ3n) is 3.09. The fraction of sp³-hybridized carbons (Fsp3) is 0.176. The zero-order chi connectivity index (χ0) is 15.1. The summed E-state index contributed by atoms with van der Waals surface area (Å²) < 4.78 is 0. The molecule has 108 valence electrons. The molecule has 0 atom stereocenters. The Labute approximate surface area is 129 Å². The third kappa shape index (κ3) is 4.43. The van der Waals surface area contributed by atoms with Crippen LogP contribution in [0.1, 0.15) is 29.3 Å². The number of nitrogens with zero attached hydrogens (tertiary/aromatic N) is 1. The minimum Gasteiger partial charge on any atom is -0.267 e. The van der Waals surface area contributed by atoms with Crippen molar-refractivity contribution in [2.24, 2.45) is 5.10 Å². The van der Waals surface area contributed by atoms with Crippen LogP contribution < -0.4 is 5.43 Å². The Morgan fingerprint density at radius 1 is 1.10 bits per heavy atom. The Morgan fingerprint density at radius 2 is 1.76 bits per heavy atom. The van der Waals surface area contributed by atoms with E-state index in [9.17, 15) is 4.79 Å². The van der Waals surface area contributed by atoms with E-state index in [0.717, 1.165) is 18.6 Å². The molecule has 0 bridgehead atoms. The van der Waals surface area contributed by atoms with Crippen LogP contribution in [-0.4, -0.2) is 11.6 Å². The van der Waals surface area contributed by atoms with Gasteiger partial charge in [-0.15, -0.1) is 0 Å². The van der Waals surface area contributed by atoms with E-state index in [4.69, 9.17) is 11.6 Å². The molecular weight excluding hydrogens is 284 g/mol. The largest absolute Gasteiger partial charge is 0.272 e. The molecular formula is C17H17ClN2O. The molecule has 0 saturated carbocycles. The van der Waals surface area contributed by atoms with Crippen molar-refractivity contribution in [3.63, 3.8) is 0 Å². The highest BCUT2D eigenvalue weighted by Gasteiger charge is 2.08. The van der Waals surface area contributed by atoms with Crippen molar-refractivity contribution in [2.45, 2.75) is 19.8 Å². The molecule has 0 saturated heterocycles. The smallest absolute Gasteiger partial charge is 0.267 e. The van der Waals surface area contributed by atoms with Crippen LogP contribution in [0.3, 0.4) is 0 Å². The molecule has 1 N–H and O–H groups in total. The topological polar surface area (TPSA) is 41.5 Å². The highest BCUT2D eigenvalue weighted by Crippen LogP contribution is 2.14. The number of hydrogen-bond donors (Lipinski definition) is 1. The number of hydrazone groups is 1. The molecule has 0 aliphatic carbocycles. The standard InChI is InChI=1S/C17H17ClN2O/c1-2-14(12-13-8-4-3-5-9-13)19-20-17(21)15-10-6-7-11-16(15)18/h3-11H,2,12H2,1H3,(H,20,21)/b19-14+. The van der Waals surface area contributed by atoms with Crippen LogP contribution in [0, 0.1) is 0 Å². The number of carbonyl (C=O) groups is 1. The molecule has 0 heterocycles. The zero-order valence-corrected chi connectivity index (χ0v) is 12.6. The second kappa shape index (κ2) is 7.60. The van der Waals surface area contributed by atoms with E-state index >= 15 is 0 Å². The van der Waals surface area contributed by atoms with Gasteiger partial charge in [-0.1, -0.05) is 61.0 Å². The second-order valence-corrected chi connectivity index (χ2v) is 5.02. The highest BCUT2D eigenvalue weighted by atomic mass is 35.5. The van der Waals surface area contributed by atoms with Crippen molar-refractivity contribution in [3.8, 4) is 0 Å². The molecule has 0 fully saturated rings. The molecule has 0 aliphatic rings. The first-order valence-corrected chi connectivity index (χ1v) is 7.22. The fourth-order valence-electron chi connectivity index (χ4n) is 1.91. The fourth-order valence-corrected chi connectivity index (χ4v) is 2.13. The molecule has 21 heavy (non-hydrogen) atoms. The summed E-state index contributed by atoms with van der Waals surface area (Å²) in [5.41, 5.74) is 5.09. The Balaban J connectivity index is 2.04. The van der Waals surface area contributed by atoms with Crippen LogP contribution in [0.15, 0.2) is 59.7 Å². The Kier molecular flexibility index (Phi) is 5.52. The Bertz CT molecular complexity index is 638. The molecule has 2 rings (SSSR count). The number of benzene rings is 2. The molecule has 3 nitrogen and oxygen atoms in total. The van der Waals surface area contributed by atoms with Gasteiger partial charge in [0, 0.05) is 12.1 Å². The lowest BCUT2D eigenvalue weighted by Crippen LogP contribution is -2.20. The van der Waals surface area contributed by atoms with Crippen molar-refractivity contribution in [3.05, 3.63) is 70.7 Å². The maximum atomic E-state index is 12.0. The van der Waals surface area contributed by atoms with Crippen molar-refractivity contribution in [2.75, 3.05) is 0 Å². The van der Waals surface area contributed by atoms with Gasteiger partial charge in [-0.25, -0.2) is 5.43 Å². The molecule has 4 heteroatoms. The van der Waals surface area contributed by atoms with Gasteiger partial charge in [0.25, 0.3) is 5.91 Å². The van der Waals surface area contributed by atoms with Gasteiger partial charge in [0.1, 0.15) is 0 Å². The predicted molar refractivity (Wildman–Crippen MR) is 86.8 cm³/mol. The van der Waals surface area contributed by atoms with Gasteiger partial charge in [0.05, 0.1) is 10.6 Å². The van der Waals surface area contributed by atoms with E-state index in [1.165, 1.54) is 5.56 Å². The van der Waals surface area contributed by atoms with Crippen LogP contribution in [0.5, 0.6) is 0 Å².